The number of carbonyl (C=O) groups excluding carboxylic acids is 1. The van der Waals surface area contributed by atoms with Gasteiger partial charge in [0.25, 0.3) is 0 Å². The summed E-state index contributed by atoms with van der Waals surface area (Å²) in [5.74, 6) is 1.92. The van der Waals surface area contributed by atoms with Gasteiger partial charge in [0.1, 0.15) is 11.5 Å². The van der Waals surface area contributed by atoms with E-state index in [1.165, 1.54) is 0 Å². The number of furan rings is 1. The monoisotopic (exact) mass is 247 g/mol. The third kappa shape index (κ3) is 1.82. The molecule has 0 atom stereocenters. The summed E-state index contributed by atoms with van der Waals surface area (Å²) < 4.78 is 5.67. The van der Waals surface area contributed by atoms with Gasteiger partial charge >= 0.3 is 0 Å². The van der Waals surface area contributed by atoms with Gasteiger partial charge in [-0.25, -0.2) is 4.98 Å². The van der Waals surface area contributed by atoms with Crippen LogP contribution in [0.15, 0.2) is 16.5 Å². The van der Waals surface area contributed by atoms with Crippen LogP contribution in [0.5, 0.6) is 0 Å². The lowest BCUT2D eigenvalue weighted by Crippen LogP contribution is -2.08. The van der Waals surface area contributed by atoms with E-state index in [4.69, 9.17) is 4.42 Å². The molecule has 3 nitrogen and oxygen atoms in total. The predicted octanol–water partition coefficient (Wildman–Crippen LogP) is 3.48. The fraction of sp³-hybridized carbons (Fsp3) is 0.385. The first-order valence-corrected chi connectivity index (χ1v) is 6.71. The van der Waals surface area contributed by atoms with Crippen LogP contribution in [0.3, 0.4) is 0 Å². The summed E-state index contributed by atoms with van der Waals surface area (Å²) in [5, 5.41) is 0.838. The second kappa shape index (κ2) is 4.11. The van der Waals surface area contributed by atoms with Crippen molar-refractivity contribution < 1.29 is 9.21 Å². The van der Waals surface area contributed by atoms with Crippen molar-refractivity contribution in [3.05, 3.63) is 28.5 Å². The van der Waals surface area contributed by atoms with Crippen molar-refractivity contribution in [3.8, 4) is 10.8 Å². The lowest BCUT2D eigenvalue weighted by atomic mass is 10.0. The highest BCUT2D eigenvalue weighted by molar-refractivity contribution is 7.15. The molecule has 0 N–H and O–H groups in total. The molecule has 0 unspecified atom stereocenters. The molecule has 0 amide bonds. The fourth-order valence-corrected chi connectivity index (χ4v) is 3.14. The van der Waals surface area contributed by atoms with Gasteiger partial charge in [0.15, 0.2) is 16.6 Å². The van der Waals surface area contributed by atoms with Crippen LogP contribution in [0.1, 0.15) is 40.9 Å². The zero-order valence-corrected chi connectivity index (χ0v) is 10.5. The van der Waals surface area contributed by atoms with E-state index in [1.54, 1.807) is 11.3 Å². The summed E-state index contributed by atoms with van der Waals surface area (Å²) in [6, 6.07) is 3.91. The van der Waals surface area contributed by atoms with Gasteiger partial charge in [-0.15, -0.1) is 11.3 Å². The number of nitrogens with zero attached hydrogens (tertiary/aromatic N) is 1. The highest BCUT2D eigenvalue weighted by Gasteiger charge is 2.23. The molecule has 17 heavy (non-hydrogen) atoms. The molecule has 1 aliphatic rings. The third-order valence-corrected chi connectivity index (χ3v) is 4.12. The normalized spacial score (nSPS) is 15.0. The topological polar surface area (TPSA) is 43.1 Å². The van der Waals surface area contributed by atoms with Crippen molar-refractivity contribution in [1.29, 1.82) is 0 Å². The van der Waals surface area contributed by atoms with Crippen LogP contribution >= 0.6 is 11.3 Å². The lowest BCUT2D eigenvalue weighted by molar-refractivity contribution is 0.0968. The zero-order chi connectivity index (χ0) is 11.8. The minimum Gasteiger partial charge on any atom is -0.459 e. The van der Waals surface area contributed by atoms with E-state index in [0.717, 1.165) is 40.7 Å². The zero-order valence-electron chi connectivity index (χ0n) is 9.66. The number of Topliss-reactive ketones (excluding diaryl/α,β-unsaturated/α-hetero) is 1. The van der Waals surface area contributed by atoms with E-state index >= 15 is 0 Å². The Kier molecular flexibility index (Phi) is 2.59. The molecule has 0 bridgehead atoms. The lowest BCUT2D eigenvalue weighted by Gasteiger charge is -2.06. The average Bonchev–Trinajstić information content (AvgIpc) is 2.95. The molecule has 4 heteroatoms. The fourth-order valence-electron chi connectivity index (χ4n) is 2.06. The number of carbonyl (C=O) groups is 1. The van der Waals surface area contributed by atoms with Crippen molar-refractivity contribution in [2.24, 2.45) is 0 Å². The molecule has 0 spiro atoms. The van der Waals surface area contributed by atoms with Crippen molar-refractivity contribution >= 4 is 17.1 Å². The Labute approximate surface area is 103 Å². The summed E-state index contributed by atoms with van der Waals surface area (Å²) in [6.45, 7) is 2.05. The maximum absolute atomic E-state index is 11.7. The standard InChI is InChI=1S/C13H13NO2S/c1-2-8-6-7-10(16-8)13-14-12-9(15)4-3-5-11(12)17-13/h6-7H,2-5H2,1H3. The predicted molar refractivity (Wildman–Crippen MR) is 66.5 cm³/mol. The molecule has 1 aliphatic carbocycles. The Morgan fingerprint density at radius 3 is 3.00 bits per heavy atom. The molecular formula is C13H13NO2S. The molecule has 88 valence electrons. The van der Waals surface area contributed by atoms with Gasteiger partial charge in [0.2, 0.25) is 0 Å². The van der Waals surface area contributed by atoms with Gasteiger partial charge in [-0.3, -0.25) is 4.79 Å². The number of thiazole rings is 1. The van der Waals surface area contributed by atoms with Crippen LogP contribution in [0.25, 0.3) is 10.8 Å². The first kappa shape index (κ1) is 10.7. The quantitative estimate of drug-likeness (QED) is 0.816. The van der Waals surface area contributed by atoms with Gasteiger partial charge in [0, 0.05) is 17.7 Å². The van der Waals surface area contributed by atoms with E-state index in [2.05, 4.69) is 11.9 Å². The second-order valence-electron chi connectivity index (χ2n) is 4.19. The van der Waals surface area contributed by atoms with Gasteiger partial charge in [-0.05, 0) is 25.0 Å². The summed E-state index contributed by atoms with van der Waals surface area (Å²) in [7, 11) is 0. The Bertz CT molecular complexity index is 568. The number of aromatic nitrogens is 1. The number of fused-ring (bicyclic) bond motifs is 1. The Morgan fingerprint density at radius 2 is 2.29 bits per heavy atom. The summed E-state index contributed by atoms with van der Waals surface area (Å²) in [6.07, 6.45) is 3.43. The first-order chi connectivity index (χ1) is 8.28. The molecule has 0 saturated heterocycles. The van der Waals surface area contributed by atoms with Crippen LogP contribution in [0, 0.1) is 0 Å². The summed E-state index contributed by atoms with van der Waals surface area (Å²) in [5.41, 5.74) is 0.672. The van der Waals surface area contributed by atoms with Crippen LogP contribution < -0.4 is 0 Å². The van der Waals surface area contributed by atoms with Gasteiger partial charge in [-0.2, -0.15) is 0 Å². The molecule has 0 aromatic carbocycles. The van der Waals surface area contributed by atoms with Crippen LogP contribution in [0.4, 0.5) is 0 Å². The second-order valence-corrected chi connectivity index (χ2v) is 5.27. The molecular weight excluding hydrogens is 234 g/mol. The summed E-state index contributed by atoms with van der Waals surface area (Å²) >= 11 is 1.59. The average molecular weight is 247 g/mol. The summed E-state index contributed by atoms with van der Waals surface area (Å²) in [4.78, 5) is 17.2. The molecule has 0 fully saturated rings. The van der Waals surface area contributed by atoms with Gasteiger partial charge in [0.05, 0.1) is 0 Å². The van der Waals surface area contributed by atoms with Crippen LogP contribution in [-0.2, 0) is 12.8 Å². The van der Waals surface area contributed by atoms with Gasteiger partial charge in [-0.1, -0.05) is 6.92 Å². The maximum Gasteiger partial charge on any atom is 0.182 e. The van der Waals surface area contributed by atoms with E-state index in [0.29, 0.717) is 12.1 Å². The molecule has 3 rings (SSSR count). The van der Waals surface area contributed by atoms with Crippen molar-refractivity contribution in [1.82, 2.24) is 4.98 Å². The van der Waals surface area contributed by atoms with E-state index in [9.17, 15) is 4.79 Å². The molecule has 2 aromatic heterocycles. The highest BCUT2D eigenvalue weighted by Crippen LogP contribution is 2.33. The third-order valence-electron chi connectivity index (χ3n) is 2.99. The van der Waals surface area contributed by atoms with Crippen molar-refractivity contribution in [3.63, 3.8) is 0 Å². The SMILES string of the molecule is CCc1ccc(-c2nc3c(s2)CCCC3=O)o1. The molecule has 0 aliphatic heterocycles. The Hall–Kier alpha value is -1.42. The Balaban J connectivity index is 2.01. The van der Waals surface area contributed by atoms with Gasteiger partial charge < -0.3 is 4.42 Å². The van der Waals surface area contributed by atoms with E-state index < -0.39 is 0 Å². The number of ketones is 1. The Morgan fingerprint density at radius 1 is 1.41 bits per heavy atom. The molecule has 2 heterocycles. The van der Waals surface area contributed by atoms with E-state index in [-0.39, 0.29) is 5.78 Å². The molecule has 0 saturated carbocycles. The number of hydrogen-bond acceptors (Lipinski definition) is 4. The van der Waals surface area contributed by atoms with Crippen LogP contribution in [-0.4, -0.2) is 10.8 Å². The number of hydrogen-bond donors (Lipinski definition) is 0. The number of aryl methyl sites for hydroxylation is 2. The first-order valence-electron chi connectivity index (χ1n) is 5.90. The molecule has 0 radical (unpaired) electrons. The largest absolute Gasteiger partial charge is 0.459 e. The van der Waals surface area contributed by atoms with Crippen molar-refractivity contribution in [2.45, 2.75) is 32.6 Å². The smallest absolute Gasteiger partial charge is 0.182 e. The minimum atomic E-state index is 0.177. The molecule has 2 aromatic rings. The number of rotatable bonds is 2. The van der Waals surface area contributed by atoms with Crippen LogP contribution in [0.2, 0.25) is 0 Å². The maximum atomic E-state index is 11.7. The minimum absolute atomic E-state index is 0.177. The van der Waals surface area contributed by atoms with E-state index in [1.807, 2.05) is 12.1 Å². The van der Waals surface area contributed by atoms with Crippen molar-refractivity contribution in [2.75, 3.05) is 0 Å². The highest BCUT2D eigenvalue weighted by atomic mass is 32.1.